The van der Waals surface area contributed by atoms with Crippen LogP contribution in [0, 0.1) is 11.8 Å². The van der Waals surface area contributed by atoms with Gasteiger partial charge in [0, 0.05) is 17.5 Å². The fraction of sp³-hybridized carbons (Fsp3) is 0.286. The Morgan fingerprint density at radius 2 is 2.22 bits per heavy atom. The molecule has 1 heterocycles. The van der Waals surface area contributed by atoms with Gasteiger partial charge in [-0.05, 0) is 36.6 Å². The number of hydrogen-bond acceptors (Lipinski definition) is 3. The van der Waals surface area contributed by atoms with Crippen molar-refractivity contribution in [2.75, 3.05) is 11.1 Å². The summed E-state index contributed by atoms with van der Waals surface area (Å²) in [4.78, 5) is 16.2. The molecule has 3 rings (SSSR count). The van der Waals surface area contributed by atoms with Crippen molar-refractivity contribution in [3.8, 4) is 0 Å². The number of nitrogen functional groups attached to an aromatic ring is 1. The van der Waals surface area contributed by atoms with Crippen molar-refractivity contribution in [1.29, 1.82) is 0 Å². The van der Waals surface area contributed by atoms with E-state index in [0.717, 1.165) is 23.0 Å². The first-order chi connectivity index (χ1) is 8.66. The lowest BCUT2D eigenvalue weighted by molar-refractivity contribution is -0.117. The van der Waals surface area contributed by atoms with Gasteiger partial charge in [-0.25, -0.2) is 0 Å². The lowest BCUT2D eigenvalue weighted by Gasteiger charge is -2.09. The lowest BCUT2D eigenvalue weighted by atomic mass is 10.1. The Hall–Kier alpha value is -2.10. The molecule has 1 fully saturated rings. The van der Waals surface area contributed by atoms with Crippen LogP contribution in [-0.4, -0.2) is 10.9 Å². The highest BCUT2D eigenvalue weighted by atomic mass is 16.2. The number of hydrogen-bond donors (Lipinski definition) is 2. The Bertz CT molecular complexity index is 623. The van der Waals surface area contributed by atoms with Crippen molar-refractivity contribution < 1.29 is 4.79 Å². The number of anilines is 2. The van der Waals surface area contributed by atoms with Gasteiger partial charge in [0.2, 0.25) is 5.91 Å². The second kappa shape index (κ2) is 3.98. The van der Waals surface area contributed by atoms with E-state index in [-0.39, 0.29) is 11.8 Å². The predicted molar refractivity (Wildman–Crippen MR) is 72.1 cm³/mol. The Morgan fingerprint density at radius 3 is 2.94 bits per heavy atom. The van der Waals surface area contributed by atoms with Crippen LogP contribution in [-0.2, 0) is 4.79 Å². The van der Waals surface area contributed by atoms with Crippen molar-refractivity contribution in [3.05, 3.63) is 30.5 Å². The number of nitrogens with one attached hydrogen (secondary N) is 1. The molecule has 0 radical (unpaired) electrons. The monoisotopic (exact) mass is 241 g/mol. The third kappa shape index (κ3) is 1.79. The largest absolute Gasteiger partial charge is 0.397 e. The zero-order valence-electron chi connectivity index (χ0n) is 10.2. The van der Waals surface area contributed by atoms with Gasteiger partial charge in [-0.2, -0.15) is 0 Å². The highest BCUT2D eigenvalue weighted by molar-refractivity contribution is 6.05. The summed E-state index contributed by atoms with van der Waals surface area (Å²) in [5.74, 6) is 0.759. The van der Waals surface area contributed by atoms with Crippen LogP contribution >= 0.6 is 0 Å². The van der Waals surface area contributed by atoms with Gasteiger partial charge in [0.1, 0.15) is 0 Å². The van der Waals surface area contributed by atoms with Crippen LogP contribution in [0.15, 0.2) is 30.5 Å². The van der Waals surface area contributed by atoms with Gasteiger partial charge in [0.05, 0.1) is 16.9 Å². The van der Waals surface area contributed by atoms with Crippen LogP contribution in [0.5, 0.6) is 0 Å². The second-order valence-electron chi connectivity index (χ2n) is 4.91. The molecule has 1 aliphatic rings. The number of fused-ring (bicyclic) bond motifs is 1. The fourth-order valence-corrected chi connectivity index (χ4v) is 2.22. The highest BCUT2D eigenvalue weighted by Crippen LogP contribution is 2.39. The quantitative estimate of drug-likeness (QED) is 0.793. The first kappa shape index (κ1) is 11.0. The third-order valence-electron chi connectivity index (χ3n) is 3.50. The summed E-state index contributed by atoms with van der Waals surface area (Å²) in [5, 5.41) is 3.86. The van der Waals surface area contributed by atoms with Crippen LogP contribution < -0.4 is 11.1 Å². The number of pyridine rings is 1. The van der Waals surface area contributed by atoms with Crippen molar-refractivity contribution in [2.45, 2.75) is 13.3 Å². The first-order valence-corrected chi connectivity index (χ1v) is 6.11. The van der Waals surface area contributed by atoms with E-state index in [1.807, 2.05) is 18.2 Å². The van der Waals surface area contributed by atoms with Crippen LogP contribution in [0.1, 0.15) is 13.3 Å². The van der Waals surface area contributed by atoms with Gasteiger partial charge in [-0.1, -0.05) is 6.92 Å². The molecule has 1 saturated carbocycles. The molecule has 1 amide bonds. The molecule has 4 heteroatoms. The number of aromatic nitrogens is 1. The van der Waals surface area contributed by atoms with E-state index in [1.54, 1.807) is 12.3 Å². The average Bonchev–Trinajstić information content (AvgIpc) is 3.10. The minimum atomic E-state index is 0.0948. The van der Waals surface area contributed by atoms with Crippen LogP contribution in [0.3, 0.4) is 0 Å². The van der Waals surface area contributed by atoms with E-state index in [0.29, 0.717) is 11.6 Å². The van der Waals surface area contributed by atoms with E-state index >= 15 is 0 Å². The molecule has 92 valence electrons. The number of nitrogens with two attached hydrogens (primary N) is 1. The summed E-state index contributed by atoms with van der Waals surface area (Å²) in [6, 6.07) is 7.38. The molecule has 2 unspecified atom stereocenters. The average molecular weight is 241 g/mol. The fourth-order valence-electron chi connectivity index (χ4n) is 2.22. The van der Waals surface area contributed by atoms with Crippen LogP contribution in [0.4, 0.5) is 11.4 Å². The Balaban J connectivity index is 1.97. The zero-order chi connectivity index (χ0) is 12.7. The third-order valence-corrected chi connectivity index (χ3v) is 3.50. The molecule has 0 aliphatic heterocycles. The lowest BCUT2D eigenvalue weighted by Crippen LogP contribution is -2.14. The van der Waals surface area contributed by atoms with E-state index in [4.69, 9.17) is 5.73 Å². The van der Waals surface area contributed by atoms with Gasteiger partial charge in [0.25, 0.3) is 0 Å². The summed E-state index contributed by atoms with van der Waals surface area (Å²) in [6.45, 7) is 2.09. The van der Waals surface area contributed by atoms with Gasteiger partial charge in [0.15, 0.2) is 0 Å². The Morgan fingerprint density at radius 1 is 1.44 bits per heavy atom. The molecule has 2 atom stereocenters. The second-order valence-corrected chi connectivity index (χ2v) is 4.91. The number of carbonyl (C=O) groups excluding carboxylic acids is 1. The maximum atomic E-state index is 12.0. The summed E-state index contributed by atoms with van der Waals surface area (Å²) in [6.07, 6.45) is 2.68. The number of carbonyl (C=O) groups is 1. The Labute approximate surface area is 105 Å². The summed E-state index contributed by atoms with van der Waals surface area (Å²) < 4.78 is 0. The van der Waals surface area contributed by atoms with Gasteiger partial charge >= 0.3 is 0 Å². The van der Waals surface area contributed by atoms with Crippen molar-refractivity contribution in [2.24, 2.45) is 11.8 Å². The first-order valence-electron chi connectivity index (χ1n) is 6.11. The van der Waals surface area contributed by atoms with Crippen LogP contribution in [0.2, 0.25) is 0 Å². The molecule has 0 bridgehead atoms. The molecule has 18 heavy (non-hydrogen) atoms. The minimum absolute atomic E-state index is 0.0948. The minimum Gasteiger partial charge on any atom is -0.397 e. The molecule has 3 N–H and O–H groups in total. The van der Waals surface area contributed by atoms with Gasteiger partial charge in [-0.3, -0.25) is 9.78 Å². The van der Waals surface area contributed by atoms with E-state index in [9.17, 15) is 4.79 Å². The maximum absolute atomic E-state index is 12.0. The number of amides is 1. The highest BCUT2D eigenvalue weighted by Gasteiger charge is 2.39. The Kier molecular flexibility index (Phi) is 2.44. The van der Waals surface area contributed by atoms with Crippen molar-refractivity contribution in [3.63, 3.8) is 0 Å². The van der Waals surface area contributed by atoms with E-state index in [1.165, 1.54) is 0 Å². The number of benzene rings is 1. The van der Waals surface area contributed by atoms with E-state index < -0.39 is 0 Å². The predicted octanol–water partition coefficient (Wildman–Crippen LogP) is 2.41. The molecule has 2 aromatic rings. The molecule has 1 aliphatic carbocycles. The van der Waals surface area contributed by atoms with Crippen molar-refractivity contribution in [1.82, 2.24) is 4.98 Å². The summed E-state index contributed by atoms with van der Waals surface area (Å²) in [5.41, 5.74) is 8.03. The molecule has 4 nitrogen and oxygen atoms in total. The zero-order valence-corrected chi connectivity index (χ0v) is 10.2. The van der Waals surface area contributed by atoms with E-state index in [2.05, 4.69) is 17.2 Å². The van der Waals surface area contributed by atoms with Gasteiger partial charge in [-0.15, -0.1) is 0 Å². The molecule has 1 aromatic heterocycles. The molecule has 0 spiro atoms. The number of nitrogens with zero attached hydrogens (tertiary/aromatic N) is 1. The summed E-state index contributed by atoms with van der Waals surface area (Å²) >= 11 is 0. The normalized spacial score (nSPS) is 21.8. The molecule has 1 aromatic carbocycles. The molecular weight excluding hydrogens is 226 g/mol. The van der Waals surface area contributed by atoms with Crippen LogP contribution in [0.25, 0.3) is 10.9 Å². The SMILES string of the molecule is CC1CC1C(=O)Nc1ccc(N)c2ncccc12. The smallest absolute Gasteiger partial charge is 0.227 e. The molecule has 0 saturated heterocycles. The summed E-state index contributed by atoms with van der Waals surface area (Å²) in [7, 11) is 0. The standard InChI is InChI=1S/C14H15N3O/c1-8-7-10(8)14(18)17-12-5-4-11(15)13-9(12)3-2-6-16-13/h2-6,8,10H,7,15H2,1H3,(H,17,18). The van der Waals surface area contributed by atoms with Gasteiger partial charge < -0.3 is 11.1 Å². The maximum Gasteiger partial charge on any atom is 0.227 e. The topological polar surface area (TPSA) is 68.0 Å². The number of rotatable bonds is 2. The molecular formula is C14H15N3O. The van der Waals surface area contributed by atoms with Crippen molar-refractivity contribution >= 4 is 28.2 Å².